The molecule has 1 heterocycles. The summed E-state index contributed by atoms with van der Waals surface area (Å²) in [5.74, 6) is -1.85. The Bertz CT molecular complexity index is 547. The second-order valence-corrected chi connectivity index (χ2v) is 5.18. The lowest BCUT2D eigenvalue weighted by Crippen LogP contribution is -2.38. The Hall–Kier alpha value is -1.44. The Kier molecular flexibility index (Phi) is 3.88. The van der Waals surface area contributed by atoms with Gasteiger partial charge in [-0.3, -0.25) is 4.79 Å². The first-order valence-electron chi connectivity index (χ1n) is 6.01. The molecule has 1 fully saturated rings. The van der Waals surface area contributed by atoms with Gasteiger partial charge in [0.1, 0.15) is 17.3 Å². The fourth-order valence-electron chi connectivity index (χ4n) is 2.28. The second-order valence-electron chi connectivity index (χ2n) is 4.78. The topological polar surface area (TPSA) is 50.1 Å². The van der Waals surface area contributed by atoms with Crippen molar-refractivity contribution >= 4 is 17.4 Å². The molecule has 5 heteroatoms. The molecule has 0 bridgehead atoms. The third kappa shape index (κ3) is 2.63. The van der Waals surface area contributed by atoms with Gasteiger partial charge in [-0.15, -0.1) is 0 Å². The van der Waals surface area contributed by atoms with Crippen LogP contribution in [0, 0.1) is 17.1 Å². The van der Waals surface area contributed by atoms with Crippen LogP contribution in [0.1, 0.15) is 31.2 Å². The molecule has 0 aromatic heterocycles. The Morgan fingerprint density at radius 2 is 2.37 bits per heavy atom. The van der Waals surface area contributed by atoms with Gasteiger partial charge in [0.2, 0.25) is 0 Å². The SMILES string of the molecule is CC1(C(=O)C(C#N)c2ccc(F)cc2Cl)CCCO1. The lowest BCUT2D eigenvalue weighted by atomic mass is 9.84. The normalized spacial score (nSPS) is 23.9. The quantitative estimate of drug-likeness (QED) is 0.855. The van der Waals surface area contributed by atoms with Crippen molar-refractivity contribution in [3.05, 3.63) is 34.6 Å². The zero-order chi connectivity index (χ0) is 14.0. The Morgan fingerprint density at radius 3 is 2.89 bits per heavy atom. The van der Waals surface area contributed by atoms with Crippen molar-refractivity contribution in [1.82, 2.24) is 0 Å². The highest BCUT2D eigenvalue weighted by Gasteiger charge is 2.42. The minimum Gasteiger partial charge on any atom is -0.367 e. The van der Waals surface area contributed by atoms with E-state index in [1.807, 2.05) is 6.07 Å². The van der Waals surface area contributed by atoms with Gasteiger partial charge >= 0.3 is 0 Å². The number of carbonyl (C=O) groups excluding carboxylic acids is 1. The number of ether oxygens (including phenoxy) is 1. The summed E-state index contributed by atoms with van der Waals surface area (Å²) in [5.41, 5.74) is -0.620. The predicted octanol–water partition coefficient (Wildman–Crippen LogP) is 3.22. The molecule has 2 rings (SSSR count). The molecule has 1 aliphatic rings. The minimum atomic E-state index is -1.03. The summed E-state index contributed by atoms with van der Waals surface area (Å²) >= 11 is 5.92. The largest absolute Gasteiger partial charge is 0.367 e. The van der Waals surface area contributed by atoms with Gasteiger partial charge < -0.3 is 4.74 Å². The van der Waals surface area contributed by atoms with E-state index in [9.17, 15) is 14.4 Å². The number of Topliss-reactive ketones (excluding diaryl/α,β-unsaturated/α-hetero) is 1. The molecule has 2 unspecified atom stereocenters. The van der Waals surface area contributed by atoms with Gasteiger partial charge in [-0.1, -0.05) is 17.7 Å². The van der Waals surface area contributed by atoms with Crippen LogP contribution in [0.2, 0.25) is 5.02 Å². The molecule has 0 spiro atoms. The first-order valence-corrected chi connectivity index (χ1v) is 6.38. The van der Waals surface area contributed by atoms with Crippen molar-refractivity contribution in [3.8, 4) is 6.07 Å². The van der Waals surface area contributed by atoms with E-state index in [4.69, 9.17) is 16.3 Å². The molecule has 0 aliphatic carbocycles. The highest BCUT2D eigenvalue weighted by molar-refractivity contribution is 6.31. The number of ketones is 1. The first kappa shape index (κ1) is 14.0. The molecular formula is C14H13ClFNO2. The van der Waals surface area contributed by atoms with Gasteiger partial charge in [0.15, 0.2) is 5.78 Å². The lowest BCUT2D eigenvalue weighted by Gasteiger charge is -2.24. The van der Waals surface area contributed by atoms with Crippen LogP contribution in [-0.4, -0.2) is 18.0 Å². The average Bonchev–Trinajstić information content (AvgIpc) is 2.81. The Labute approximate surface area is 115 Å². The first-order chi connectivity index (χ1) is 8.98. The Balaban J connectivity index is 2.35. The molecule has 3 nitrogen and oxygen atoms in total. The monoisotopic (exact) mass is 281 g/mol. The molecule has 1 saturated heterocycles. The van der Waals surface area contributed by atoms with Crippen LogP contribution in [0.15, 0.2) is 18.2 Å². The van der Waals surface area contributed by atoms with E-state index in [-0.39, 0.29) is 10.8 Å². The van der Waals surface area contributed by atoms with Gasteiger partial charge in [0, 0.05) is 11.6 Å². The van der Waals surface area contributed by atoms with Gasteiger partial charge in [0.25, 0.3) is 0 Å². The van der Waals surface area contributed by atoms with E-state index in [0.717, 1.165) is 12.5 Å². The molecule has 1 aromatic rings. The molecule has 2 atom stereocenters. The van der Waals surface area contributed by atoms with E-state index >= 15 is 0 Å². The van der Waals surface area contributed by atoms with Crippen LogP contribution < -0.4 is 0 Å². The van der Waals surface area contributed by atoms with E-state index in [1.54, 1.807) is 6.92 Å². The number of hydrogen-bond acceptors (Lipinski definition) is 3. The average molecular weight is 282 g/mol. The number of carbonyl (C=O) groups is 1. The van der Waals surface area contributed by atoms with Crippen molar-refractivity contribution in [3.63, 3.8) is 0 Å². The smallest absolute Gasteiger partial charge is 0.185 e. The van der Waals surface area contributed by atoms with E-state index in [0.29, 0.717) is 18.6 Å². The summed E-state index contributed by atoms with van der Waals surface area (Å²) in [4.78, 5) is 12.4. The zero-order valence-corrected chi connectivity index (χ0v) is 11.2. The predicted molar refractivity (Wildman–Crippen MR) is 68.4 cm³/mol. The van der Waals surface area contributed by atoms with Crippen LogP contribution in [-0.2, 0) is 9.53 Å². The maximum atomic E-state index is 13.0. The standard InChI is InChI=1S/C14H13ClFNO2/c1-14(5-2-6-19-14)13(18)11(8-17)10-4-3-9(16)7-12(10)15/h3-4,7,11H,2,5-6H2,1H3. The number of rotatable bonds is 3. The third-order valence-electron chi connectivity index (χ3n) is 3.40. The Morgan fingerprint density at radius 1 is 1.63 bits per heavy atom. The van der Waals surface area contributed by atoms with Crippen LogP contribution >= 0.6 is 11.6 Å². The number of hydrogen-bond donors (Lipinski definition) is 0. The van der Waals surface area contributed by atoms with Gasteiger partial charge in [-0.2, -0.15) is 5.26 Å². The summed E-state index contributed by atoms with van der Waals surface area (Å²) in [6, 6.07) is 5.62. The zero-order valence-electron chi connectivity index (χ0n) is 10.5. The lowest BCUT2D eigenvalue weighted by molar-refractivity contribution is -0.137. The highest BCUT2D eigenvalue weighted by Crippen LogP contribution is 2.34. The van der Waals surface area contributed by atoms with Crippen molar-refractivity contribution in [2.45, 2.75) is 31.3 Å². The highest BCUT2D eigenvalue weighted by atomic mass is 35.5. The molecule has 19 heavy (non-hydrogen) atoms. The number of halogens is 2. The van der Waals surface area contributed by atoms with Crippen LogP contribution in [0.3, 0.4) is 0 Å². The van der Waals surface area contributed by atoms with Crippen LogP contribution in [0.5, 0.6) is 0 Å². The molecule has 100 valence electrons. The number of nitrogens with zero attached hydrogens (tertiary/aromatic N) is 1. The number of nitriles is 1. The summed E-state index contributed by atoms with van der Waals surface area (Å²) in [6.07, 6.45) is 1.38. The molecule has 1 aromatic carbocycles. The third-order valence-corrected chi connectivity index (χ3v) is 3.73. The van der Waals surface area contributed by atoms with E-state index in [2.05, 4.69) is 0 Å². The molecule has 1 aliphatic heterocycles. The number of benzene rings is 1. The van der Waals surface area contributed by atoms with Crippen molar-refractivity contribution in [2.24, 2.45) is 0 Å². The van der Waals surface area contributed by atoms with Crippen molar-refractivity contribution in [2.75, 3.05) is 6.61 Å². The fourth-order valence-corrected chi connectivity index (χ4v) is 2.56. The molecule has 0 amide bonds. The summed E-state index contributed by atoms with van der Waals surface area (Å²) in [5, 5.41) is 9.32. The maximum absolute atomic E-state index is 13.0. The summed E-state index contributed by atoms with van der Waals surface area (Å²) < 4.78 is 18.5. The van der Waals surface area contributed by atoms with Crippen LogP contribution in [0.4, 0.5) is 4.39 Å². The molecule has 0 radical (unpaired) electrons. The van der Waals surface area contributed by atoms with E-state index in [1.165, 1.54) is 12.1 Å². The van der Waals surface area contributed by atoms with Gasteiger partial charge in [-0.25, -0.2) is 4.39 Å². The van der Waals surface area contributed by atoms with Crippen molar-refractivity contribution < 1.29 is 13.9 Å². The fraction of sp³-hybridized carbons (Fsp3) is 0.429. The summed E-state index contributed by atoms with van der Waals surface area (Å²) in [7, 11) is 0. The summed E-state index contributed by atoms with van der Waals surface area (Å²) in [6.45, 7) is 2.20. The molecule has 0 N–H and O–H groups in total. The van der Waals surface area contributed by atoms with Gasteiger partial charge in [0.05, 0.1) is 6.07 Å². The minimum absolute atomic E-state index is 0.0847. The van der Waals surface area contributed by atoms with Gasteiger partial charge in [-0.05, 0) is 37.5 Å². The molecule has 0 saturated carbocycles. The van der Waals surface area contributed by atoms with Crippen molar-refractivity contribution in [1.29, 1.82) is 5.26 Å². The van der Waals surface area contributed by atoms with E-state index < -0.39 is 17.3 Å². The maximum Gasteiger partial charge on any atom is 0.185 e. The van der Waals surface area contributed by atoms with Crippen LogP contribution in [0.25, 0.3) is 0 Å². The second kappa shape index (κ2) is 5.28. The molecular weight excluding hydrogens is 269 g/mol.